The highest BCUT2D eigenvalue weighted by Crippen LogP contribution is 2.19. The third-order valence-corrected chi connectivity index (χ3v) is 4.86. The predicted octanol–water partition coefficient (Wildman–Crippen LogP) is 5.08. The highest BCUT2D eigenvalue weighted by Gasteiger charge is 2.20. The fourth-order valence-corrected chi connectivity index (χ4v) is 3.41. The number of benzene rings is 2. The van der Waals surface area contributed by atoms with Crippen LogP contribution in [0.3, 0.4) is 0 Å². The van der Waals surface area contributed by atoms with E-state index in [0.717, 1.165) is 39.4 Å². The van der Waals surface area contributed by atoms with Gasteiger partial charge in [-0.05, 0) is 36.7 Å². The number of nitrogens with zero attached hydrogens (tertiary/aromatic N) is 2. The summed E-state index contributed by atoms with van der Waals surface area (Å²) >= 11 is 0. The van der Waals surface area contributed by atoms with Crippen LogP contribution in [0.1, 0.15) is 33.3 Å². The number of ether oxygens (including phenoxy) is 1. The molecule has 3 nitrogen and oxygen atoms in total. The Balaban J connectivity index is 2.17. The zero-order chi connectivity index (χ0) is 19.5. The summed E-state index contributed by atoms with van der Waals surface area (Å²) in [6.07, 6.45) is 0. The number of anilines is 1. The molecule has 0 aliphatic carbocycles. The van der Waals surface area contributed by atoms with E-state index >= 15 is 0 Å². The van der Waals surface area contributed by atoms with Gasteiger partial charge in [-0.25, -0.2) is 0 Å². The minimum atomic E-state index is 0.377. The average Bonchev–Trinajstić information content (AvgIpc) is 2.69. The van der Waals surface area contributed by atoms with Crippen LogP contribution in [0, 0.1) is 5.92 Å². The zero-order valence-electron chi connectivity index (χ0n) is 17.5. The van der Waals surface area contributed by atoms with Gasteiger partial charge in [0.15, 0.2) is 0 Å². The van der Waals surface area contributed by atoms with Gasteiger partial charge >= 0.3 is 0 Å². The monoisotopic (exact) mass is 368 g/mol. The largest absolute Gasteiger partial charge is 0.379 e. The van der Waals surface area contributed by atoms with Gasteiger partial charge in [0.1, 0.15) is 0 Å². The Morgan fingerprint density at radius 2 is 1.41 bits per heavy atom. The van der Waals surface area contributed by atoms with Crippen molar-refractivity contribution in [1.82, 2.24) is 4.90 Å². The van der Waals surface area contributed by atoms with Gasteiger partial charge in [-0.3, -0.25) is 4.90 Å². The van der Waals surface area contributed by atoms with Gasteiger partial charge in [0.25, 0.3) is 0 Å². The molecule has 0 amide bonds. The Hall–Kier alpha value is -1.84. The van der Waals surface area contributed by atoms with Gasteiger partial charge in [-0.2, -0.15) is 0 Å². The van der Waals surface area contributed by atoms with Crippen LogP contribution in [0.15, 0.2) is 60.7 Å². The molecule has 0 aromatic heterocycles. The van der Waals surface area contributed by atoms with Crippen LogP contribution in [0.5, 0.6) is 0 Å². The van der Waals surface area contributed by atoms with E-state index < -0.39 is 0 Å². The van der Waals surface area contributed by atoms with Crippen molar-refractivity contribution < 1.29 is 4.74 Å². The summed E-state index contributed by atoms with van der Waals surface area (Å²) in [5.74, 6) is 0.567. The molecule has 148 valence electrons. The van der Waals surface area contributed by atoms with Crippen LogP contribution < -0.4 is 4.90 Å². The molecule has 2 rings (SSSR count). The number of rotatable bonds is 12. The molecule has 0 aliphatic rings. The van der Waals surface area contributed by atoms with Crippen LogP contribution in [0.25, 0.3) is 0 Å². The van der Waals surface area contributed by atoms with E-state index in [4.69, 9.17) is 4.74 Å². The highest BCUT2D eigenvalue weighted by molar-refractivity contribution is 5.47. The normalized spacial score (nSPS) is 12.5. The predicted molar refractivity (Wildman–Crippen MR) is 116 cm³/mol. The molecule has 0 radical (unpaired) electrons. The summed E-state index contributed by atoms with van der Waals surface area (Å²) in [6, 6.07) is 21.8. The Morgan fingerprint density at radius 3 is 1.96 bits per heavy atom. The molecule has 1 atom stereocenters. The van der Waals surface area contributed by atoms with Gasteiger partial charge in [0.2, 0.25) is 0 Å². The van der Waals surface area contributed by atoms with Crippen molar-refractivity contribution in [2.45, 2.75) is 40.3 Å². The van der Waals surface area contributed by atoms with Crippen LogP contribution >= 0.6 is 0 Å². The molecular weight excluding hydrogens is 332 g/mol. The topological polar surface area (TPSA) is 15.7 Å². The Labute approximate surface area is 166 Å². The second kappa shape index (κ2) is 11.8. The molecule has 27 heavy (non-hydrogen) atoms. The molecule has 0 fully saturated rings. The second-order valence-electron chi connectivity index (χ2n) is 7.51. The highest BCUT2D eigenvalue weighted by atomic mass is 16.5. The fraction of sp³-hybridized carbons (Fsp3) is 0.500. The molecular formula is C24H36N2O. The molecule has 0 spiro atoms. The van der Waals surface area contributed by atoms with Crippen molar-refractivity contribution in [2.24, 2.45) is 5.92 Å². The number of para-hydroxylation sites is 1. The summed E-state index contributed by atoms with van der Waals surface area (Å²) in [7, 11) is 0. The average molecular weight is 369 g/mol. The molecule has 3 heteroatoms. The lowest BCUT2D eigenvalue weighted by Crippen LogP contribution is -2.46. The molecule has 2 aromatic carbocycles. The van der Waals surface area contributed by atoms with Crippen LogP contribution in [0.4, 0.5) is 5.69 Å². The molecule has 0 bridgehead atoms. The van der Waals surface area contributed by atoms with Gasteiger partial charge < -0.3 is 9.64 Å². The quantitative estimate of drug-likeness (QED) is 0.520. The van der Waals surface area contributed by atoms with Crippen LogP contribution in [0.2, 0.25) is 0 Å². The lowest BCUT2D eigenvalue weighted by Gasteiger charge is -2.35. The zero-order valence-corrected chi connectivity index (χ0v) is 17.5. The lowest BCUT2D eigenvalue weighted by molar-refractivity contribution is 0.0520. The number of hydrogen-bond acceptors (Lipinski definition) is 3. The first-order chi connectivity index (χ1) is 13.1. The van der Waals surface area contributed by atoms with Crippen molar-refractivity contribution in [3.63, 3.8) is 0 Å². The van der Waals surface area contributed by atoms with E-state index in [1.165, 1.54) is 11.3 Å². The van der Waals surface area contributed by atoms with Gasteiger partial charge in [-0.1, -0.05) is 76.2 Å². The summed E-state index contributed by atoms with van der Waals surface area (Å²) in [5, 5.41) is 0. The van der Waals surface area contributed by atoms with Gasteiger partial charge in [0.05, 0.1) is 12.6 Å². The molecule has 0 N–H and O–H groups in total. The van der Waals surface area contributed by atoms with Crippen LogP contribution in [-0.2, 0) is 11.3 Å². The Bertz CT molecular complexity index is 611. The molecule has 0 saturated carbocycles. The standard InChI is InChI=1S/C24H36N2O/c1-5-25(6-2)24(20-27-19-21(3)4)18-26(23-15-11-8-12-16-23)17-22-13-9-7-10-14-22/h7-16,21,24H,5-6,17-20H2,1-4H3. The summed E-state index contributed by atoms with van der Waals surface area (Å²) in [4.78, 5) is 5.00. The molecule has 0 heterocycles. The fourth-order valence-electron chi connectivity index (χ4n) is 3.41. The van der Waals surface area contributed by atoms with Crippen molar-refractivity contribution in [3.8, 4) is 0 Å². The van der Waals surface area contributed by atoms with Crippen molar-refractivity contribution in [1.29, 1.82) is 0 Å². The first kappa shape index (κ1) is 21.5. The smallest absolute Gasteiger partial charge is 0.0639 e. The van der Waals surface area contributed by atoms with E-state index in [9.17, 15) is 0 Å². The SMILES string of the molecule is CCN(CC)C(COCC(C)C)CN(Cc1ccccc1)c1ccccc1. The minimum absolute atomic E-state index is 0.377. The third kappa shape index (κ3) is 7.36. The van der Waals surface area contributed by atoms with E-state index in [1.54, 1.807) is 0 Å². The molecule has 1 unspecified atom stereocenters. The molecule has 0 aliphatic heterocycles. The van der Waals surface area contributed by atoms with E-state index in [0.29, 0.717) is 12.0 Å². The second-order valence-corrected chi connectivity index (χ2v) is 7.51. The maximum atomic E-state index is 6.06. The molecule has 0 saturated heterocycles. The Morgan fingerprint density at radius 1 is 0.815 bits per heavy atom. The summed E-state index contributed by atoms with van der Waals surface area (Å²) in [6.45, 7) is 14.4. The van der Waals surface area contributed by atoms with Gasteiger partial charge in [0, 0.05) is 25.4 Å². The van der Waals surface area contributed by atoms with Gasteiger partial charge in [-0.15, -0.1) is 0 Å². The third-order valence-electron chi connectivity index (χ3n) is 4.86. The molecule has 2 aromatic rings. The number of hydrogen-bond donors (Lipinski definition) is 0. The van der Waals surface area contributed by atoms with Crippen molar-refractivity contribution in [3.05, 3.63) is 66.2 Å². The maximum Gasteiger partial charge on any atom is 0.0639 e. The lowest BCUT2D eigenvalue weighted by atomic mass is 10.1. The summed E-state index contributed by atoms with van der Waals surface area (Å²) < 4.78 is 6.06. The first-order valence-electron chi connectivity index (χ1n) is 10.3. The maximum absolute atomic E-state index is 6.06. The number of likely N-dealkylation sites (N-methyl/N-ethyl adjacent to an activating group) is 1. The van der Waals surface area contributed by atoms with E-state index in [-0.39, 0.29) is 0 Å². The Kier molecular flexibility index (Phi) is 9.37. The summed E-state index contributed by atoms with van der Waals surface area (Å²) in [5.41, 5.74) is 2.60. The minimum Gasteiger partial charge on any atom is -0.379 e. The van der Waals surface area contributed by atoms with E-state index in [1.807, 2.05) is 0 Å². The van der Waals surface area contributed by atoms with Crippen LogP contribution in [-0.4, -0.2) is 43.8 Å². The first-order valence-corrected chi connectivity index (χ1v) is 10.3. The van der Waals surface area contributed by atoms with Crippen molar-refractivity contribution >= 4 is 5.69 Å². The van der Waals surface area contributed by atoms with E-state index in [2.05, 4.69) is 98.2 Å². The van der Waals surface area contributed by atoms with Crippen molar-refractivity contribution in [2.75, 3.05) is 37.7 Å².